The van der Waals surface area contributed by atoms with Gasteiger partial charge in [-0.15, -0.1) is 0 Å². The summed E-state index contributed by atoms with van der Waals surface area (Å²) in [5.74, 6) is -0.336. The fraction of sp³-hybridized carbons (Fsp3) is 0.824. The van der Waals surface area contributed by atoms with Crippen molar-refractivity contribution >= 4 is 5.97 Å². The standard InChI is InChI=1S/C17H30O3/c1-2-3-4-5-6-7-8-9-10-11-12-15(18)16-13-14-17(19)20-16/h13-16,18H,2-12H2,1H3/t15-,16-/m1/s1. The Bertz CT molecular complexity index is 286. The Hall–Kier alpha value is -0.830. The smallest absolute Gasteiger partial charge is 0.331 e. The first-order chi connectivity index (χ1) is 9.74. The average molecular weight is 282 g/mol. The number of aliphatic hydroxyl groups is 1. The second kappa shape index (κ2) is 10.9. The van der Waals surface area contributed by atoms with Gasteiger partial charge in [0.15, 0.2) is 0 Å². The summed E-state index contributed by atoms with van der Waals surface area (Å²) in [5, 5.41) is 9.86. The van der Waals surface area contributed by atoms with E-state index in [1.807, 2.05) is 0 Å². The Morgan fingerprint density at radius 2 is 1.60 bits per heavy atom. The first kappa shape index (κ1) is 17.2. The summed E-state index contributed by atoms with van der Waals surface area (Å²) in [6.07, 6.45) is 15.7. The van der Waals surface area contributed by atoms with Crippen LogP contribution in [0.5, 0.6) is 0 Å². The molecule has 20 heavy (non-hydrogen) atoms. The van der Waals surface area contributed by atoms with Crippen LogP contribution in [-0.2, 0) is 9.53 Å². The molecule has 0 aromatic carbocycles. The molecule has 0 aromatic heterocycles. The molecule has 0 aliphatic carbocycles. The zero-order valence-electron chi connectivity index (χ0n) is 12.9. The molecule has 0 radical (unpaired) electrons. The highest BCUT2D eigenvalue weighted by Crippen LogP contribution is 2.16. The molecule has 1 aliphatic rings. The molecule has 1 aliphatic heterocycles. The molecule has 0 amide bonds. The van der Waals surface area contributed by atoms with Crippen molar-refractivity contribution in [1.82, 2.24) is 0 Å². The zero-order valence-corrected chi connectivity index (χ0v) is 12.9. The molecular formula is C17H30O3. The number of aliphatic hydroxyl groups excluding tert-OH is 1. The summed E-state index contributed by atoms with van der Waals surface area (Å²) < 4.78 is 4.97. The van der Waals surface area contributed by atoms with Gasteiger partial charge in [0.25, 0.3) is 0 Å². The topological polar surface area (TPSA) is 46.5 Å². The number of carbonyl (C=O) groups is 1. The average Bonchev–Trinajstić information content (AvgIpc) is 2.87. The van der Waals surface area contributed by atoms with E-state index in [0.717, 1.165) is 19.3 Å². The molecule has 2 atom stereocenters. The third kappa shape index (κ3) is 7.68. The molecule has 0 fully saturated rings. The summed E-state index contributed by atoms with van der Waals surface area (Å²) in [6.45, 7) is 2.25. The molecule has 0 saturated heterocycles. The van der Waals surface area contributed by atoms with Crippen LogP contribution in [0.2, 0.25) is 0 Å². The Morgan fingerprint density at radius 1 is 1.05 bits per heavy atom. The van der Waals surface area contributed by atoms with E-state index in [-0.39, 0.29) is 5.97 Å². The van der Waals surface area contributed by atoms with Crippen LogP contribution < -0.4 is 0 Å². The van der Waals surface area contributed by atoms with Gasteiger partial charge in [0.1, 0.15) is 6.10 Å². The van der Waals surface area contributed by atoms with Crippen molar-refractivity contribution in [3.05, 3.63) is 12.2 Å². The lowest BCUT2D eigenvalue weighted by atomic mass is 10.0. The second-order valence-corrected chi connectivity index (χ2v) is 5.80. The van der Waals surface area contributed by atoms with E-state index in [2.05, 4.69) is 6.92 Å². The normalized spacial score (nSPS) is 19.3. The van der Waals surface area contributed by atoms with Crippen molar-refractivity contribution in [2.75, 3.05) is 0 Å². The Kier molecular flexibility index (Phi) is 9.38. The lowest BCUT2D eigenvalue weighted by Gasteiger charge is -2.15. The Balaban J connectivity index is 1.85. The molecule has 1 rings (SSSR count). The summed E-state index contributed by atoms with van der Waals surface area (Å²) >= 11 is 0. The fourth-order valence-corrected chi connectivity index (χ4v) is 2.60. The van der Waals surface area contributed by atoms with Crippen LogP contribution in [0.3, 0.4) is 0 Å². The van der Waals surface area contributed by atoms with Gasteiger partial charge >= 0.3 is 5.97 Å². The van der Waals surface area contributed by atoms with Crippen molar-refractivity contribution in [2.24, 2.45) is 0 Å². The van der Waals surface area contributed by atoms with Gasteiger partial charge < -0.3 is 9.84 Å². The highest BCUT2D eigenvalue weighted by atomic mass is 16.6. The van der Waals surface area contributed by atoms with Crippen LogP contribution in [0.25, 0.3) is 0 Å². The van der Waals surface area contributed by atoms with E-state index >= 15 is 0 Å². The van der Waals surface area contributed by atoms with Crippen molar-refractivity contribution in [1.29, 1.82) is 0 Å². The predicted molar refractivity (Wildman–Crippen MR) is 81.5 cm³/mol. The molecule has 116 valence electrons. The lowest BCUT2D eigenvalue weighted by molar-refractivity contribution is -0.142. The van der Waals surface area contributed by atoms with Gasteiger partial charge in [0.05, 0.1) is 6.10 Å². The number of hydrogen-bond donors (Lipinski definition) is 1. The molecular weight excluding hydrogens is 252 g/mol. The molecule has 0 bridgehead atoms. The zero-order chi connectivity index (χ0) is 14.6. The number of ether oxygens (including phenoxy) is 1. The number of unbranched alkanes of at least 4 members (excludes halogenated alkanes) is 9. The molecule has 3 nitrogen and oxygen atoms in total. The molecule has 1 heterocycles. The molecule has 3 heteroatoms. The first-order valence-corrected chi connectivity index (χ1v) is 8.31. The summed E-state index contributed by atoms with van der Waals surface area (Å²) in [7, 11) is 0. The van der Waals surface area contributed by atoms with E-state index in [9.17, 15) is 9.90 Å². The second-order valence-electron chi connectivity index (χ2n) is 5.80. The van der Waals surface area contributed by atoms with Crippen LogP contribution in [0.15, 0.2) is 12.2 Å². The maximum Gasteiger partial charge on any atom is 0.331 e. The monoisotopic (exact) mass is 282 g/mol. The molecule has 0 spiro atoms. The summed E-state index contributed by atoms with van der Waals surface area (Å²) in [5.41, 5.74) is 0. The summed E-state index contributed by atoms with van der Waals surface area (Å²) in [6, 6.07) is 0. The van der Waals surface area contributed by atoms with Crippen molar-refractivity contribution in [3.63, 3.8) is 0 Å². The lowest BCUT2D eigenvalue weighted by Crippen LogP contribution is -2.25. The number of carbonyl (C=O) groups excluding carboxylic acids is 1. The van der Waals surface area contributed by atoms with E-state index in [1.165, 1.54) is 57.4 Å². The SMILES string of the molecule is CCCCCCCCCCCC[C@@H](O)[C@H]1C=CC(=O)O1. The van der Waals surface area contributed by atoms with Crippen LogP contribution >= 0.6 is 0 Å². The molecule has 1 N–H and O–H groups in total. The highest BCUT2D eigenvalue weighted by molar-refractivity contribution is 5.84. The highest BCUT2D eigenvalue weighted by Gasteiger charge is 2.23. The van der Waals surface area contributed by atoms with Crippen LogP contribution in [0.1, 0.15) is 77.6 Å². The van der Waals surface area contributed by atoms with E-state index in [4.69, 9.17) is 4.74 Å². The van der Waals surface area contributed by atoms with Gasteiger partial charge in [0, 0.05) is 6.08 Å². The van der Waals surface area contributed by atoms with Crippen molar-refractivity contribution in [3.8, 4) is 0 Å². The maximum absolute atomic E-state index is 10.9. The van der Waals surface area contributed by atoms with Crippen molar-refractivity contribution in [2.45, 2.75) is 89.8 Å². The van der Waals surface area contributed by atoms with Crippen LogP contribution in [-0.4, -0.2) is 23.3 Å². The molecule has 0 aromatic rings. The van der Waals surface area contributed by atoms with Gasteiger partial charge in [-0.3, -0.25) is 0 Å². The number of esters is 1. The Morgan fingerprint density at radius 3 is 2.10 bits per heavy atom. The fourth-order valence-electron chi connectivity index (χ4n) is 2.60. The number of cyclic esters (lactones) is 1. The largest absolute Gasteiger partial charge is 0.452 e. The minimum Gasteiger partial charge on any atom is -0.452 e. The first-order valence-electron chi connectivity index (χ1n) is 8.31. The van der Waals surface area contributed by atoms with Gasteiger partial charge in [-0.25, -0.2) is 4.79 Å². The van der Waals surface area contributed by atoms with Crippen LogP contribution in [0, 0.1) is 0 Å². The molecule has 0 saturated carbocycles. The number of hydrogen-bond acceptors (Lipinski definition) is 3. The molecule has 0 unspecified atom stereocenters. The van der Waals surface area contributed by atoms with Gasteiger partial charge in [-0.2, -0.15) is 0 Å². The van der Waals surface area contributed by atoms with E-state index < -0.39 is 12.2 Å². The van der Waals surface area contributed by atoms with E-state index in [1.54, 1.807) is 6.08 Å². The van der Waals surface area contributed by atoms with Gasteiger partial charge in [-0.05, 0) is 12.5 Å². The van der Waals surface area contributed by atoms with Crippen molar-refractivity contribution < 1.29 is 14.6 Å². The predicted octanol–water partition coefficient (Wildman–Crippen LogP) is 4.14. The maximum atomic E-state index is 10.9. The number of rotatable bonds is 12. The third-order valence-corrected chi connectivity index (χ3v) is 3.91. The summed E-state index contributed by atoms with van der Waals surface area (Å²) in [4.78, 5) is 10.9. The quantitative estimate of drug-likeness (QED) is 0.432. The van der Waals surface area contributed by atoms with Gasteiger partial charge in [-0.1, -0.05) is 71.1 Å². The minimum absolute atomic E-state index is 0.336. The van der Waals surface area contributed by atoms with E-state index in [0.29, 0.717) is 0 Å². The van der Waals surface area contributed by atoms with Gasteiger partial charge in [0.2, 0.25) is 0 Å². The third-order valence-electron chi connectivity index (χ3n) is 3.91. The van der Waals surface area contributed by atoms with Crippen LogP contribution in [0.4, 0.5) is 0 Å². The minimum atomic E-state index is -0.535. The Labute approximate surface area is 123 Å².